The fraction of sp³-hybridized carbons (Fsp3) is 0.250. The molecule has 2 aromatic rings. The van der Waals surface area contributed by atoms with Crippen LogP contribution in [0, 0.1) is 5.82 Å². The molecule has 1 aromatic heterocycles. The first kappa shape index (κ1) is 11.4. The molecule has 1 heterocycles. The Balaban J connectivity index is 2.38. The summed E-state index contributed by atoms with van der Waals surface area (Å²) in [5.41, 5.74) is 0.117. The third-order valence-electron chi connectivity index (χ3n) is 2.45. The molecule has 0 bridgehead atoms. The van der Waals surface area contributed by atoms with Gasteiger partial charge in [-0.15, -0.1) is 0 Å². The molecule has 0 amide bonds. The number of benzene rings is 1. The van der Waals surface area contributed by atoms with Crippen LogP contribution in [0.4, 0.5) is 4.39 Å². The molecule has 0 aliphatic carbocycles. The monoisotopic (exact) mass is 234 g/mol. The molecule has 1 N–H and O–H groups in total. The summed E-state index contributed by atoms with van der Waals surface area (Å²) in [4.78, 5) is 28.6. The molecule has 0 saturated carbocycles. The molecule has 0 saturated heterocycles. The number of unbranched alkanes of at least 4 members (excludes halogenated alkanes) is 1. The maximum absolute atomic E-state index is 12.9. The van der Waals surface area contributed by atoms with E-state index in [0.29, 0.717) is 30.6 Å². The Morgan fingerprint density at radius 1 is 1.41 bits per heavy atom. The van der Waals surface area contributed by atoms with Gasteiger partial charge in [0.1, 0.15) is 17.9 Å². The molecule has 0 unspecified atom stereocenters. The van der Waals surface area contributed by atoms with Crippen molar-refractivity contribution >= 4 is 17.2 Å². The molecule has 0 aliphatic rings. The van der Waals surface area contributed by atoms with E-state index in [1.165, 1.54) is 12.1 Å². The van der Waals surface area contributed by atoms with Crippen LogP contribution < -0.4 is 5.56 Å². The number of carbonyl (C=O) groups excluding carboxylic acids is 1. The van der Waals surface area contributed by atoms with Gasteiger partial charge in [-0.1, -0.05) is 0 Å². The van der Waals surface area contributed by atoms with Crippen LogP contribution in [0.1, 0.15) is 18.7 Å². The third kappa shape index (κ3) is 2.55. The van der Waals surface area contributed by atoms with Gasteiger partial charge in [0.15, 0.2) is 0 Å². The average molecular weight is 234 g/mol. The predicted octanol–water partition coefficient (Wildman–Crippen LogP) is 1.58. The summed E-state index contributed by atoms with van der Waals surface area (Å²) in [5, 5.41) is 0.240. The van der Waals surface area contributed by atoms with Gasteiger partial charge in [0.05, 0.1) is 10.9 Å². The van der Waals surface area contributed by atoms with E-state index in [4.69, 9.17) is 0 Å². The summed E-state index contributed by atoms with van der Waals surface area (Å²) in [7, 11) is 0. The molecule has 5 heteroatoms. The van der Waals surface area contributed by atoms with Gasteiger partial charge in [-0.05, 0) is 24.6 Å². The molecular weight excluding hydrogens is 223 g/mol. The zero-order chi connectivity index (χ0) is 12.3. The maximum atomic E-state index is 12.9. The molecule has 0 atom stereocenters. The molecule has 1 aromatic carbocycles. The van der Waals surface area contributed by atoms with Crippen molar-refractivity contribution in [2.24, 2.45) is 0 Å². The van der Waals surface area contributed by atoms with Crippen molar-refractivity contribution < 1.29 is 9.18 Å². The van der Waals surface area contributed by atoms with Crippen LogP contribution in [0.5, 0.6) is 0 Å². The fourth-order valence-corrected chi connectivity index (χ4v) is 1.63. The highest BCUT2D eigenvalue weighted by Crippen LogP contribution is 2.09. The zero-order valence-corrected chi connectivity index (χ0v) is 9.07. The minimum Gasteiger partial charge on any atom is -0.310 e. The molecule has 4 nitrogen and oxygen atoms in total. The minimum absolute atomic E-state index is 0.240. The number of hydrogen-bond donors (Lipinski definition) is 1. The van der Waals surface area contributed by atoms with Crippen molar-refractivity contribution in [3.05, 3.63) is 40.2 Å². The molecule has 0 spiro atoms. The highest BCUT2D eigenvalue weighted by Gasteiger charge is 2.04. The number of nitrogens with one attached hydrogen (secondary N) is 1. The van der Waals surface area contributed by atoms with Crippen LogP contribution in [0.15, 0.2) is 23.0 Å². The van der Waals surface area contributed by atoms with E-state index in [-0.39, 0.29) is 10.9 Å². The molecule has 17 heavy (non-hydrogen) atoms. The number of carbonyl (C=O) groups is 1. The lowest BCUT2D eigenvalue weighted by Gasteiger charge is -2.01. The molecule has 0 radical (unpaired) electrons. The normalized spacial score (nSPS) is 10.6. The van der Waals surface area contributed by atoms with Crippen LogP contribution in [0.3, 0.4) is 0 Å². The second-order valence-corrected chi connectivity index (χ2v) is 3.73. The first-order valence-corrected chi connectivity index (χ1v) is 5.33. The number of fused-ring (bicyclic) bond motifs is 1. The predicted molar refractivity (Wildman–Crippen MR) is 61.3 cm³/mol. The van der Waals surface area contributed by atoms with Crippen LogP contribution in [0.2, 0.25) is 0 Å². The van der Waals surface area contributed by atoms with Crippen LogP contribution in [-0.2, 0) is 11.2 Å². The minimum atomic E-state index is -0.460. The summed E-state index contributed by atoms with van der Waals surface area (Å²) in [6.45, 7) is 0. The highest BCUT2D eigenvalue weighted by molar-refractivity contribution is 5.77. The van der Waals surface area contributed by atoms with Crippen molar-refractivity contribution in [3.8, 4) is 0 Å². The van der Waals surface area contributed by atoms with Crippen LogP contribution in [0.25, 0.3) is 10.9 Å². The van der Waals surface area contributed by atoms with E-state index in [2.05, 4.69) is 9.97 Å². The van der Waals surface area contributed by atoms with Gasteiger partial charge in [-0.25, -0.2) is 9.37 Å². The van der Waals surface area contributed by atoms with E-state index in [9.17, 15) is 14.0 Å². The van der Waals surface area contributed by atoms with E-state index >= 15 is 0 Å². The smallest absolute Gasteiger partial charge is 0.258 e. The first-order valence-electron chi connectivity index (χ1n) is 5.33. The number of aromatic amines is 1. The van der Waals surface area contributed by atoms with Gasteiger partial charge in [-0.2, -0.15) is 0 Å². The largest absolute Gasteiger partial charge is 0.310 e. The molecule has 0 fully saturated rings. The Morgan fingerprint density at radius 2 is 2.24 bits per heavy atom. The molecule has 0 aliphatic heterocycles. The van der Waals surface area contributed by atoms with Crippen molar-refractivity contribution in [2.75, 3.05) is 0 Å². The summed E-state index contributed by atoms with van der Waals surface area (Å²) in [6, 6.07) is 3.91. The second-order valence-electron chi connectivity index (χ2n) is 3.73. The Morgan fingerprint density at radius 3 is 3.00 bits per heavy atom. The van der Waals surface area contributed by atoms with Gasteiger partial charge >= 0.3 is 0 Å². The van der Waals surface area contributed by atoms with E-state index in [0.717, 1.165) is 12.4 Å². The van der Waals surface area contributed by atoms with Gasteiger partial charge in [0.25, 0.3) is 5.56 Å². The van der Waals surface area contributed by atoms with Crippen LogP contribution in [-0.4, -0.2) is 16.3 Å². The van der Waals surface area contributed by atoms with Crippen molar-refractivity contribution in [3.63, 3.8) is 0 Å². The lowest BCUT2D eigenvalue weighted by Crippen LogP contribution is -2.12. The van der Waals surface area contributed by atoms with E-state index in [1.807, 2.05) is 0 Å². The number of aldehydes is 1. The van der Waals surface area contributed by atoms with Gasteiger partial charge in [-0.3, -0.25) is 4.79 Å². The lowest BCUT2D eigenvalue weighted by atomic mass is 10.2. The van der Waals surface area contributed by atoms with Crippen molar-refractivity contribution in [1.82, 2.24) is 9.97 Å². The Hall–Kier alpha value is -2.04. The first-order chi connectivity index (χ1) is 8.20. The van der Waals surface area contributed by atoms with Gasteiger partial charge < -0.3 is 9.78 Å². The highest BCUT2D eigenvalue weighted by atomic mass is 19.1. The SMILES string of the molecule is O=CCCCc1nc2ccc(F)cc2c(=O)[nH]1. The summed E-state index contributed by atoms with van der Waals surface area (Å²) >= 11 is 0. The molecule has 88 valence electrons. The maximum Gasteiger partial charge on any atom is 0.258 e. The van der Waals surface area contributed by atoms with Crippen molar-refractivity contribution in [1.29, 1.82) is 0 Å². The quantitative estimate of drug-likeness (QED) is 0.645. The molecular formula is C12H11FN2O2. The Bertz CT molecular complexity index is 607. The topological polar surface area (TPSA) is 62.8 Å². The van der Waals surface area contributed by atoms with E-state index < -0.39 is 5.82 Å². The lowest BCUT2D eigenvalue weighted by molar-refractivity contribution is -0.107. The summed E-state index contributed by atoms with van der Waals surface area (Å²) in [6.07, 6.45) is 2.43. The number of H-pyrrole nitrogens is 1. The fourth-order valence-electron chi connectivity index (χ4n) is 1.63. The van der Waals surface area contributed by atoms with Crippen molar-refractivity contribution in [2.45, 2.75) is 19.3 Å². The Labute approximate surface area is 96.5 Å². The van der Waals surface area contributed by atoms with Gasteiger partial charge in [0.2, 0.25) is 0 Å². The number of nitrogens with zero attached hydrogens (tertiary/aromatic N) is 1. The number of aromatic nitrogens is 2. The number of halogens is 1. The summed E-state index contributed by atoms with van der Waals surface area (Å²) in [5.74, 6) is 0.0643. The zero-order valence-electron chi connectivity index (χ0n) is 9.07. The summed E-state index contributed by atoms with van der Waals surface area (Å²) < 4.78 is 12.9. The number of rotatable bonds is 4. The average Bonchev–Trinajstić information content (AvgIpc) is 2.31. The second kappa shape index (κ2) is 4.86. The Kier molecular flexibility index (Phi) is 3.27. The standard InChI is InChI=1S/C12H11FN2O2/c13-8-4-5-10-9(7-8)12(17)15-11(14-10)3-1-2-6-16/h4-7H,1-3H2,(H,14,15,17). The van der Waals surface area contributed by atoms with Crippen LogP contribution >= 0.6 is 0 Å². The van der Waals surface area contributed by atoms with Gasteiger partial charge in [0, 0.05) is 12.8 Å². The number of hydrogen-bond acceptors (Lipinski definition) is 3. The number of aryl methyl sites for hydroxylation is 1. The third-order valence-corrected chi connectivity index (χ3v) is 2.45. The molecule has 2 rings (SSSR count). The van der Waals surface area contributed by atoms with E-state index in [1.54, 1.807) is 0 Å².